The van der Waals surface area contributed by atoms with Gasteiger partial charge in [0.1, 0.15) is 6.61 Å². The van der Waals surface area contributed by atoms with Crippen LogP contribution >= 0.6 is 0 Å². The summed E-state index contributed by atoms with van der Waals surface area (Å²) in [4.78, 5) is 23.7. The second kappa shape index (κ2) is 10.7. The molecule has 5 nitrogen and oxygen atoms in total. The Hall–Kier alpha value is -3.08. The zero-order valence-electron chi connectivity index (χ0n) is 14.6. The van der Waals surface area contributed by atoms with Gasteiger partial charge in [0.25, 0.3) is 0 Å². The van der Waals surface area contributed by atoms with Crippen LogP contribution in [0.25, 0.3) is 0 Å². The van der Waals surface area contributed by atoms with Crippen molar-refractivity contribution in [3.8, 4) is 0 Å². The minimum absolute atomic E-state index is 0.197. The van der Waals surface area contributed by atoms with Crippen LogP contribution in [-0.2, 0) is 16.1 Å². The highest BCUT2D eigenvalue weighted by Crippen LogP contribution is 2.12. The van der Waals surface area contributed by atoms with Crippen LogP contribution in [0.2, 0.25) is 0 Å². The number of benzene rings is 2. The maximum Gasteiger partial charge on any atom is 0.411 e. The first-order valence-electron chi connectivity index (χ1n) is 8.55. The minimum Gasteiger partial charge on any atom is -0.462 e. The molecule has 0 fully saturated rings. The van der Waals surface area contributed by atoms with Crippen molar-refractivity contribution in [2.45, 2.75) is 25.9 Å². The summed E-state index contributed by atoms with van der Waals surface area (Å²) >= 11 is 0. The number of ether oxygens (including phenoxy) is 2. The van der Waals surface area contributed by atoms with Gasteiger partial charge in [-0.25, -0.2) is 9.59 Å². The van der Waals surface area contributed by atoms with E-state index >= 15 is 0 Å². The molecule has 5 heteroatoms. The average molecular weight is 353 g/mol. The van der Waals surface area contributed by atoms with E-state index in [1.807, 2.05) is 36.4 Å². The molecule has 2 aromatic rings. The van der Waals surface area contributed by atoms with E-state index in [1.165, 1.54) is 0 Å². The molecule has 136 valence electrons. The Kier molecular flexibility index (Phi) is 7.93. The lowest BCUT2D eigenvalue weighted by Crippen LogP contribution is -2.13. The SMILES string of the molecule is C=CCCCCOC(=O)c1ccc(NC(=O)OCc2ccccc2)cc1. The molecule has 0 unspecified atom stereocenters. The Balaban J connectivity index is 1.74. The van der Waals surface area contributed by atoms with Gasteiger partial charge in [0, 0.05) is 5.69 Å². The summed E-state index contributed by atoms with van der Waals surface area (Å²) in [6.45, 7) is 4.23. The number of rotatable bonds is 9. The van der Waals surface area contributed by atoms with Crippen molar-refractivity contribution >= 4 is 17.7 Å². The third-order valence-corrected chi connectivity index (χ3v) is 3.62. The van der Waals surface area contributed by atoms with Gasteiger partial charge in [-0.05, 0) is 49.1 Å². The van der Waals surface area contributed by atoms with Crippen molar-refractivity contribution in [2.75, 3.05) is 11.9 Å². The predicted octanol–water partition coefficient (Wildman–Crippen LogP) is 4.95. The van der Waals surface area contributed by atoms with Crippen LogP contribution in [-0.4, -0.2) is 18.7 Å². The van der Waals surface area contributed by atoms with Gasteiger partial charge in [0.15, 0.2) is 0 Å². The first kappa shape index (κ1) is 19.2. The normalized spacial score (nSPS) is 10.0. The van der Waals surface area contributed by atoms with Crippen molar-refractivity contribution < 1.29 is 19.1 Å². The zero-order chi connectivity index (χ0) is 18.6. The summed E-state index contributed by atoms with van der Waals surface area (Å²) in [7, 11) is 0. The smallest absolute Gasteiger partial charge is 0.411 e. The first-order valence-corrected chi connectivity index (χ1v) is 8.55. The number of hydrogen-bond acceptors (Lipinski definition) is 4. The van der Waals surface area contributed by atoms with Gasteiger partial charge in [0.05, 0.1) is 12.2 Å². The Morgan fingerprint density at radius 2 is 1.69 bits per heavy atom. The number of nitrogens with one attached hydrogen (secondary N) is 1. The van der Waals surface area contributed by atoms with Crippen molar-refractivity contribution in [2.24, 2.45) is 0 Å². The molecular formula is C21H23NO4. The van der Waals surface area contributed by atoms with Gasteiger partial charge < -0.3 is 9.47 Å². The summed E-state index contributed by atoms with van der Waals surface area (Å²) in [6, 6.07) is 15.9. The van der Waals surface area contributed by atoms with Crippen LogP contribution in [0.4, 0.5) is 10.5 Å². The second-order valence-corrected chi connectivity index (χ2v) is 5.68. The summed E-state index contributed by atoms with van der Waals surface area (Å²) in [5, 5.41) is 2.62. The molecule has 0 aromatic heterocycles. The molecule has 0 aliphatic heterocycles. The summed E-state index contributed by atoms with van der Waals surface area (Å²) in [5.74, 6) is -0.373. The summed E-state index contributed by atoms with van der Waals surface area (Å²) in [6.07, 6.45) is 3.97. The summed E-state index contributed by atoms with van der Waals surface area (Å²) < 4.78 is 10.3. The van der Waals surface area contributed by atoms with Crippen LogP contribution in [0, 0.1) is 0 Å². The molecule has 0 radical (unpaired) electrons. The van der Waals surface area contributed by atoms with E-state index in [2.05, 4.69) is 11.9 Å². The van der Waals surface area contributed by atoms with Crippen LogP contribution in [0.15, 0.2) is 67.3 Å². The molecule has 0 aliphatic rings. The molecular weight excluding hydrogens is 330 g/mol. The zero-order valence-corrected chi connectivity index (χ0v) is 14.6. The third kappa shape index (κ3) is 6.81. The fraction of sp³-hybridized carbons (Fsp3) is 0.238. The molecule has 0 atom stereocenters. The van der Waals surface area contributed by atoms with Gasteiger partial charge in [-0.2, -0.15) is 0 Å². The molecule has 0 bridgehead atoms. The van der Waals surface area contributed by atoms with Gasteiger partial charge in [-0.3, -0.25) is 5.32 Å². The molecule has 0 aliphatic carbocycles. The number of hydrogen-bond donors (Lipinski definition) is 1. The molecule has 0 saturated heterocycles. The van der Waals surface area contributed by atoms with E-state index in [1.54, 1.807) is 24.3 Å². The minimum atomic E-state index is -0.550. The van der Waals surface area contributed by atoms with E-state index < -0.39 is 6.09 Å². The maximum atomic E-state index is 11.9. The molecule has 1 amide bonds. The van der Waals surface area contributed by atoms with E-state index in [-0.39, 0.29) is 12.6 Å². The highest BCUT2D eigenvalue weighted by atomic mass is 16.5. The molecule has 2 aromatic carbocycles. The van der Waals surface area contributed by atoms with Crippen LogP contribution in [0.3, 0.4) is 0 Å². The van der Waals surface area contributed by atoms with Crippen molar-refractivity contribution in [1.29, 1.82) is 0 Å². The lowest BCUT2D eigenvalue weighted by molar-refractivity contribution is 0.0498. The molecule has 0 spiro atoms. The van der Waals surface area contributed by atoms with Gasteiger partial charge in [-0.1, -0.05) is 36.4 Å². The lowest BCUT2D eigenvalue weighted by atomic mass is 10.2. The standard InChI is InChI=1S/C21H23NO4/c1-2-3-4-8-15-25-20(23)18-11-13-19(14-12-18)22-21(24)26-16-17-9-6-5-7-10-17/h2,5-7,9-14H,1,3-4,8,15-16H2,(H,22,24). The lowest BCUT2D eigenvalue weighted by Gasteiger charge is -2.08. The number of allylic oxidation sites excluding steroid dienone is 1. The van der Waals surface area contributed by atoms with Crippen molar-refractivity contribution in [1.82, 2.24) is 0 Å². The average Bonchev–Trinajstić information content (AvgIpc) is 2.67. The van der Waals surface area contributed by atoms with E-state index in [0.29, 0.717) is 17.9 Å². The number of unbranched alkanes of at least 4 members (excludes halogenated alkanes) is 2. The topological polar surface area (TPSA) is 64.6 Å². The van der Waals surface area contributed by atoms with Crippen LogP contribution in [0.1, 0.15) is 35.2 Å². The number of anilines is 1. The quantitative estimate of drug-likeness (QED) is 0.394. The van der Waals surface area contributed by atoms with Crippen LogP contribution in [0.5, 0.6) is 0 Å². The Morgan fingerprint density at radius 1 is 0.962 bits per heavy atom. The number of carbonyl (C=O) groups excluding carboxylic acids is 2. The fourth-order valence-corrected chi connectivity index (χ4v) is 2.21. The highest BCUT2D eigenvalue weighted by Gasteiger charge is 2.08. The predicted molar refractivity (Wildman–Crippen MR) is 101 cm³/mol. The third-order valence-electron chi connectivity index (χ3n) is 3.62. The van der Waals surface area contributed by atoms with E-state index in [0.717, 1.165) is 24.8 Å². The first-order chi connectivity index (χ1) is 12.7. The number of amides is 1. The number of esters is 1. The molecule has 0 heterocycles. The van der Waals surface area contributed by atoms with E-state index in [4.69, 9.17) is 9.47 Å². The fourth-order valence-electron chi connectivity index (χ4n) is 2.21. The van der Waals surface area contributed by atoms with Gasteiger partial charge >= 0.3 is 12.1 Å². The largest absolute Gasteiger partial charge is 0.462 e. The van der Waals surface area contributed by atoms with Crippen molar-refractivity contribution in [3.05, 3.63) is 78.4 Å². The summed E-state index contributed by atoms with van der Waals surface area (Å²) in [5.41, 5.74) is 1.90. The van der Waals surface area contributed by atoms with Crippen molar-refractivity contribution in [3.63, 3.8) is 0 Å². The highest BCUT2D eigenvalue weighted by molar-refractivity contribution is 5.91. The molecule has 1 N–H and O–H groups in total. The Bertz CT molecular complexity index is 711. The van der Waals surface area contributed by atoms with Gasteiger partial charge in [-0.15, -0.1) is 6.58 Å². The molecule has 2 rings (SSSR count). The molecule has 0 saturated carbocycles. The molecule has 26 heavy (non-hydrogen) atoms. The maximum absolute atomic E-state index is 11.9. The monoisotopic (exact) mass is 353 g/mol. The Morgan fingerprint density at radius 3 is 2.38 bits per heavy atom. The number of carbonyl (C=O) groups is 2. The van der Waals surface area contributed by atoms with E-state index in [9.17, 15) is 9.59 Å². The second-order valence-electron chi connectivity index (χ2n) is 5.68. The van der Waals surface area contributed by atoms with Gasteiger partial charge in [0.2, 0.25) is 0 Å². The Labute approximate surface area is 153 Å². The van der Waals surface area contributed by atoms with Crippen LogP contribution < -0.4 is 5.32 Å².